The summed E-state index contributed by atoms with van der Waals surface area (Å²) < 4.78 is 14.6. The van der Waals surface area contributed by atoms with Gasteiger partial charge in [0.15, 0.2) is 0 Å². The minimum atomic E-state index is -1.22. The number of hydrogen-bond donors (Lipinski definition) is 2. The van der Waals surface area contributed by atoms with Crippen molar-refractivity contribution >= 4 is 17.0 Å². The molecule has 24 heavy (non-hydrogen) atoms. The van der Waals surface area contributed by atoms with E-state index in [1.165, 1.54) is 16.7 Å². The molecule has 0 aliphatic heterocycles. The number of imidazole rings is 1. The molecule has 0 unspecified atom stereocenters. The maximum absolute atomic E-state index is 13.2. The summed E-state index contributed by atoms with van der Waals surface area (Å²) in [5, 5.41) is 9.12. The largest absolute Gasteiger partial charge is 0.477 e. The standard InChI is InChI=1S/C17H16FN3O3/c1-10-6-8-21(16(22)15(10)17(23)24)7-2-3-14-19-12-5-4-11(18)9-13(12)20-14/h4-6,8-9H,2-3,7H2,1H3,(H,19,20)(H,23,24). The summed E-state index contributed by atoms with van der Waals surface area (Å²) in [4.78, 5) is 30.7. The molecule has 2 aromatic heterocycles. The molecule has 6 nitrogen and oxygen atoms in total. The van der Waals surface area contributed by atoms with Crippen molar-refractivity contribution in [1.82, 2.24) is 14.5 Å². The van der Waals surface area contributed by atoms with Gasteiger partial charge in [-0.15, -0.1) is 0 Å². The van der Waals surface area contributed by atoms with Crippen LogP contribution in [0.2, 0.25) is 0 Å². The number of fused-ring (bicyclic) bond motifs is 1. The van der Waals surface area contributed by atoms with Gasteiger partial charge in [-0.25, -0.2) is 14.2 Å². The van der Waals surface area contributed by atoms with Crippen LogP contribution in [0.1, 0.15) is 28.2 Å². The Morgan fingerprint density at radius 1 is 1.38 bits per heavy atom. The summed E-state index contributed by atoms with van der Waals surface area (Å²) in [6.07, 6.45) is 2.77. The van der Waals surface area contributed by atoms with Crippen LogP contribution >= 0.6 is 0 Å². The third kappa shape index (κ3) is 3.05. The molecule has 0 spiro atoms. The SMILES string of the molecule is Cc1ccn(CCCc2nc3ccc(F)cc3[nH]2)c(=O)c1C(=O)O. The van der Waals surface area contributed by atoms with Crippen molar-refractivity contribution in [2.45, 2.75) is 26.3 Å². The van der Waals surface area contributed by atoms with Crippen LogP contribution in [0.5, 0.6) is 0 Å². The molecular formula is C17H16FN3O3. The molecule has 124 valence electrons. The van der Waals surface area contributed by atoms with Crippen molar-refractivity contribution in [2.75, 3.05) is 0 Å². The van der Waals surface area contributed by atoms with E-state index < -0.39 is 11.5 Å². The Morgan fingerprint density at radius 3 is 2.92 bits per heavy atom. The molecule has 0 aliphatic rings. The zero-order valence-corrected chi connectivity index (χ0v) is 13.0. The number of nitrogens with one attached hydrogen (secondary N) is 1. The van der Waals surface area contributed by atoms with E-state index in [-0.39, 0.29) is 11.4 Å². The maximum Gasteiger partial charge on any atom is 0.341 e. The smallest absolute Gasteiger partial charge is 0.341 e. The lowest BCUT2D eigenvalue weighted by Crippen LogP contribution is -2.27. The number of halogens is 1. The number of hydrogen-bond acceptors (Lipinski definition) is 3. The molecule has 0 radical (unpaired) electrons. The molecule has 3 rings (SSSR count). The number of aromatic amines is 1. The highest BCUT2D eigenvalue weighted by atomic mass is 19.1. The highest BCUT2D eigenvalue weighted by molar-refractivity contribution is 5.88. The van der Waals surface area contributed by atoms with Gasteiger partial charge in [0, 0.05) is 19.2 Å². The fourth-order valence-corrected chi connectivity index (χ4v) is 2.67. The van der Waals surface area contributed by atoms with Crippen molar-refractivity contribution in [3.63, 3.8) is 0 Å². The average Bonchev–Trinajstić information content (AvgIpc) is 2.91. The van der Waals surface area contributed by atoms with Gasteiger partial charge < -0.3 is 14.7 Å². The topological polar surface area (TPSA) is 88.0 Å². The van der Waals surface area contributed by atoms with Gasteiger partial charge in [-0.1, -0.05) is 0 Å². The number of benzene rings is 1. The lowest BCUT2D eigenvalue weighted by molar-refractivity contribution is 0.0693. The Morgan fingerprint density at radius 2 is 2.17 bits per heavy atom. The molecule has 0 atom stereocenters. The third-order valence-corrected chi connectivity index (χ3v) is 3.89. The highest BCUT2D eigenvalue weighted by Crippen LogP contribution is 2.14. The summed E-state index contributed by atoms with van der Waals surface area (Å²) in [6, 6.07) is 5.96. The van der Waals surface area contributed by atoms with Gasteiger partial charge in [0.2, 0.25) is 0 Å². The van der Waals surface area contributed by atoms with Crippen LogP contribution in [0.4, 0.5) is 4.39 Å². The van der Waals surface area contributed by atoms with Crippen LogP contribution in [-0.2, 0) is 13.0 Å². The van der Waals surface area contributed by atoms with Crippen molar-refractivity contribution < 1.29 is 14.3 Å². The second kappa shape index (κ2) is 6.27. The Bertz CT molecular complexity index is 975. The minimum absolute atomic E-state index is 0.197. The van der Waals surface area contributed by atoms with Gasteiger partial charge in [-0.2, -0.15) is 0 Å². The third-order valence-electron chi connectivity index (χ3n) is 3.89. The summed E-state index contributed by atoms with van der Waals surface area (Å²) in [6.45, 7) is 1.98. The molecule has 7 heteroatoms. The van der Waals surface area contributed by atoms with E-state index in [1.807, 2.05) is 0 Å². The summed E-state index contributed by atoms with van der Waals surface area (Å²) in [5.74, 6) is -0.842. The molecule has 0 fully saturated rings. The second-order valence-corrected chi connectivity index (χ2v) is 5.63. The number of aromatic carboxylic acids is 1. The average molecular weight is 329 g/mol. The van der Waals surface area contributed by atoms with Crippen molar-refractivity contribution in [3.8, 4) is 0 Å². The number of aromatic nitrogens is 3. The van der Waals surface area contributed by atoms with Crippen LogP contribution in [0.25, 0.3) is 11.0 Å². The highest BCUT2D eigenvalue weighted by Gasteiger charge is 2.14. The lowest BCUT2D eigenvalue weighted by atomic mass is 10.1. The van der Waals surface area contributed by atoms with Crippen LogP contribution in [0.15, 0.2) is 35.3 Å². The number of carboxylic acid groups (broad SMARTS) is 1. The van der Waals surface area contributed by atoms with Gasteiger partial charge in [0.05, 0.1) is 11.0 Å². The van der Waals surface area contributed by atoms with Crippen molar-refractivity contribution in [3.05, 3.63) is 63.6 Å². The zero-order chi connectivity index (χ0) is 17.3. The first kappa shape index (κ1) is 15.9. The number of pyridine rings is 1. The monoisotopic (exact) mass is 329 g/mol. The number of H-pyrrole nitrogens is 1. The zero-order valence-electron chi connectivity index (χ0n) is 13.0. The molecule has 3 aromatic rings. The van der Waals surface area contributed by atoms with Gasteiger partial charge in [-0.3, -0.25) is 4.79 Å². The van der Waals surface area contributed by atoms with Crippen LogP contribution in [-0.4, -0.2) is 25.6 Å². The van der Waals surface area contributed by atoms with Gasteiger partial charge in [-0.05, 0) is 43.2 Å². The molecule has 0 saturated carbocycles. The fraction of sp³-hybridized carbons (Fsp3) is 0.235. The normalized spacial score (nSPS) is 11.1. The molecule has 0 bridgehead atoms. The van der Waals surface area contributed by atoms with Crippen molar-refractivity contribution in [2.24, 2.45) is 0 Å². The van der Waals surface area contributed by atoms with E-state index in [4.69, 9.17) is 5.11 Å². The molecule has 0 saturated heterocycles. The van der Waals surface area contributed by atoms with E-state index >= 15 is 0 Å². The Hall–Kier alpha value is -2.96. The minimum Gasteiger partial charge on any atom is -0.477 e. The first-order valence-electron chi connectivity index (χ1n) is 7.53. The second-order valence-electron chi connectivity index (χ2n) is 5.63. The van der Waals surface area contributed by atoms with E-state index in [0.29, 0.717) is 41.8 Å². The van der Waals surface area contributed by atoms with Crippen LogP contribution < -0.4 is 5.56 Å². The molecule has 1 aromatic carbocycles. The Kier molecular flexibility index (Phi) is 4.16. The number of carbonyl (C=O) groups is 1. The number of aryl methyl sites for hydroxylation is 3. The predicted molar refractivity (Wildman–Crippen MR) is 86.8 cm³/mol. The molecule has 0 amide bonds. The van der Waals surface area contributed by atoms with E-state index in [1.54, 1.807) is 25.3 Å². The van der Waals surface area contributed by atoms with E-state index in [2.05, 4.69) is 9.97 Å². The van der Waals surface area contributed by atoms with Crippen molar-refractivity contribution in [1.29, 1.82) is 0 Å². The van der Waals surface area contributed by atoms with E-state index in [9.17, 15) is 14.0 Å². The van der Waals surface area contributed by atoms with E-state index in [0.717, 1.165) is 0 Å². The quantitative estimate of drug-likeness (QED) is 0.753. The first-order valence-corrected chi connectivity index (χ1v) is 7.53. The number of rotatable bonds is 5. The summed E-state index contributed by atoms with van der Waals surface area (Å²) in [5.41, 5.74) is 1.06. The van der Waals surface area contributed by atoms with Crippen LogP contribution in [0.3, 0.4) is 0 Å². The van der Waals surface area contributed by atoms with Gasteiger partial charge >= 0.3 is 5.97 Å². The summed E-state index contributed by atoms with van der Waals surface area (Å²) in [7, 11) is 0. The fourth-order valence-electron chi connectivity index (χ4n) is 2.67. The Labute approximate surface area is 136 Å². The van der Waals surface area contributed by atoms with Gasteiger partial charge in [0.25, 0.3) is 5.56 Å². The Balaban J connectivity index is 1.73. The molecule has 2 N–H and O–H groups in total. The molecular weight excluding hydrogens is 313 g/mol. The molecule has 2 heterocycles. The molecule has 0 aliphatic carbocycles. The first-order chi connectivity index (χ1) is 11.5. The number of carboxylic acids is 1. The van der Waals surface area contributed by atoms with Gasteiger partial charge in [0.1, 0.15) is 17.2 Å². The maximum atomic E-state index is 13.2. The summed E-state index contributed by atoms with van der Waals surface area (Å²) >= 11 is 0. The lowest BCUT2D eigenvalue weighted by Gasteiger charge is -2.07. The predicted octanol–water partition coefficient (Wildman–Crippen LogP) is 2.50. The number of nitrogens with zero attached hydrogens (tertiary/aromatic N) is 2. The van der Waals surface area contributed by atoms with Crippen LogP contribution in [0, 0.1) is 12.7 Å².